The summed E-state index contributed by atoms with van der Waals surface area (Å²) in [6, 6.07) is 0. The first-order valence-corrected chi connectivity index (χ1v) is 6.83. The van der Waals surface area contributed by atoms with Crippen LogP contribution in [0.15, 0.2) is 5.38 Å². The molecule has 0 atom stereocenters. The first-order valence-electron chi connectivity index (χ1n) is 5.95. The zero-order valence-electron chi connectivity index (χ0n) is 9.29. The Morgan fingerprint density at radius 1 is 1.31 bits per heavy atom. The van der Waals surface area contributed by atoms with Crippen molar-refractivity contribution in [2.75, 3.05) is 26.2 Å². The SMILES string of the molecule is O=C(c1csc2c1CCC2)N1CCNCC1. The molecule has 1 aromatic rings. The summed E-state index contributed by atoms with van der Waals surface area (Å²) < 4.78 is 0. The number of aryl methyl sites for hydroxylation is 1. The van der Waals surface area contributed by atoms with Crippen molar-refractivity contribution < 1.29 is 4.79 Å². The highest BCUT2D eigenvalue weighted by Gasteiger charge is 2.25. The fourth-order valence-electron chi connectivity index (χ4n) is 2.55. The zero-order chi connectivity index (χ0) is 11.0. The standard InChI is InChI=1S/C12H16N2OS/c15-12(14-6-4-13-5-7-14)10-8-16-11-3-1-2-9(10)11/h8,13H,1-7H2. The molecule has 3 rings (SSSR count). The van der Waals surface area contributed by atoms with Gasteiger partial charge in [0.15, 0.2) is 0 Å². The minimum atomic E-state index is 0.251. The molecule has 2 aliphatic rings. The van der Waals surface area contributed by atoms with E-state index < -0.39 is 0 Å². The van der Waals surface area contributed by atoms with Gasteiger partial charge in [0.05, 0.1) is 5.56 Å². The predicted molar refractivity (Wildman–Crippen MR) is 65.1 cm³/mol. The van der Waals surface area contributed by atoms with Crippen LogP contribution in [0, 0.1) is 0 Å². The van der Waals surface area contributed by atoms with Crippen LogP contribution in [0.25, 0.3) is 0 Å². The second-order valence-corrected chi connectivity index (χ2v) is 5.41. The van der Waals surface area contributed by atoms with Gasteiger partial charge in [0, 0.05) is 36.4 Å². The van der Waals surface area contributed by atoms with Gasteiger partial charge in [-0.3, -0.25) is 4.79 Å². The highest BCUT2D eigenvalue weighted by atomic mass is 32.1. The number of hydrogen-bond donors (Lipinski definition) is 1. The molecule has 0 bridgehead atoms. The molecule has 1 aromatic heterocycles. The van der Waals surface area contributed by atoms with Crippen LogP contribution in [0.4, 0.5) is 0 Å². The average molecular weight is 236 g/mol. The molecule has 0 aromatic carbocycles. The first kappa shape index (κ1) is 10.3. The summed E-state index contributed by atoms with van der Waals surface area (Å²) in [5.41, 5.74) is 2.33. The van der Waals surface area contributed by atoms with Crippen molar-refractivity contribution in [2.24, 2.45) is 0 Å². The van der Waals surface area contributed by atoms with Gasteiger partial charge in [-0.15, -0.1) is 11.3 Å². The van der Waals surface area contributed by atoms with Crippen LogP contribution < -0.4 is 5.32 Å². The van der Waals surface area contributed by atoms with Crippen molar-refractivity contribution in [3.8, 4) is 0 Å². The number of piperazine rings is 1. The molecule has 1 aliphatic heterocycles. The number of nitrogens with zero attached hydrogens (tertiary/aromatic N) is 1. The van der Waals surface area contributed by atoms with Crippen LogP contribution in [-0.4, -0.2) is 37.0 Å². The summed E-state index contributed by atoms with van der Waals surface area (Å²) in [5.74, 6) is 0.251. The molecular formula is C12H16N2OS. The number of fused-ring (bicyclic) bond motifs is 1. The lowest BCUT2D eigenvalue weighted by Crippen LogP contribution is -2.46. The maximum absolute atomic E-state index is 12.3. The minimum Gasteiger partial charge on any atom is -0.336 e. The monoisotopic (exact) mass is 236 g/mol. The second-order valence-electron chi connectivity index (χ2n) is 4.45. The third-order valence-electron chi connectivity index (χ3n) is 3.45. The quantitative estimate of drug-likeness (QED) is 0.796. The van der Waals surface area contributed by atoms with Gasteiger partial charge in [0.2, 0.25) is 0 Å². The maximum Gasteiger partial charge on any atom is 0.255 e. The average Bonchev–Trinajstić information content (AvgIpc) is 2.91. The van der Waals surface area contributed by atoms with Crippen molar-refractivity contribution in [3.05, 3.63) is 21.4 Å². The topological polar surface area (TPSA) is 32.3 Å². The normalized spacial score (nSPS) is 19.9. The molecular weight excluding hydrogens is 220 g/mol. The summed E-state index contributed by atoms with van der Waals surface area (Å²) in [6.45, 7) is 3.56. The van der Waals surface area contributed by atoms with Crippen LogP contribution in [-0.2, 0) is 12.8 Å². The molecule has 0 saturated carbocycles. The number of amides is 1. The Balaban J connectivity index is 1.83. The second kappa shape index (κ2) is 4.18. The lowest BCUT2D eigenvalue weighted by atomic mass is 10.1. The summed E-state index contributed by atoms with van der Waals surface area (Å²) in [6.07, 6.45) is 3.50. The van der Waals surface area contributed by atoms with Crippen LogP contribution >= 0.6 is 11.3 Å². The van der Waals surface area contributed by atoms with Gasteiger partial charge in [-0.05, 0) is 24.8 Å². The van der Waals surface area contributed by atoms with Gasteiger partial charge in [-0.2, -0.15) is 0 Å². The number of rotatable bonds is 1. The predicted octanol–water partition coefficient (Wildman–Crippen LogP) is 1.28. The molecule has 0 radical (unpaired) electrons. The molecule has 4 heteroatoms. The van der Waals surface area contributed by atoms with E-state index in [4.69, 9.17) is 0 Å². The van der Waals surface area contributed by atoms with E-state index in [0.29, 0.717) is 0 Å². The van der Waals surface area contributed by atoms with Crippen molar-refractivity contribution in [1.82, 2.24) is 10.2 Å². The van der Waals surface area contributed by atoms with Crippen molar-refractivity contribution >= 4 is 17.2 Å². The number of thiophene rings is 1. The Hall–Kier alpha value is -0.870. The van der Waals surface area contributed by atoms with E-state index in [1.165, 1.54) is 23.3 Å². The molecule has 1 aliphatic carbocycles. The Morgan fingerprint density at radius 2 is 2.12 bits per heavy atom. The van der Waals surface area contributed by atoms with Crippen LogP contribution in [0.1, 0.15) is 27.2 Å². The van der Waals surface area contributed by atoms with Gasteiger partial charge in [-0.1, -0.05) is 0 Å². The summed E-state index contributed by atoms with van der Waals surface area (Å²) in [5, 5.41) is 5.34. The first-order chi connectivity index (χ1) is 7.86. The summed E-state index contributed by atoms with van der Waals surface area (Å²) in [7, 11) is 0. The molecule has 86 valence electrons. The van der Waals surface area contributed by atoms with E-state index in [0.717, 1.165) is 38.2 Å². The van der Waals surface area contributed by atoms with Crippen molar-refractivity contribution in [3.63, 3.8) is 0 Å². The third kappa shape index (κ3) is 1.66. The highest BCUT2D eigenvalue weighted by molar-refractivity contribution is 7.10. The van der Waals surface area contributed by atoms with Crippen LogP contribution in [0.2, 0.25) is 0 Å². The van der Waals surface area contributed by atoms with Crippen LogP contribution in [0.3, 0.4) is 0 Å². The zero-order valence-corrected chi connectivity index (χ0v) is 10.1. The van der Waals surface area contributed by atoms with E-state index in [-0.39, 0.29) is 5.91 Å². The molecule has 1 saturated heterocycles. The van der Waals surface area contributed by atoms with E-state index in [1.54, 1.807) is 11.3 Å². The Bertz CT molecular complexity index is 407. The molecule has 1 N–H and O–H groups in total. The molecule has 2 heterocycles. The van der Waals surface area contributed by atoms with E-state index >= 15 is 0 Å². The largest absolute Gasteiger partial charge is 0.336 e. The van der Waals surface area contributed by atoms with Gasteiger partial charge in [0.1, 0.15) is 0 Å². The maximum atomic E-state index is 12.3. The fraction of sp³-hybridized carbons (Fsp3) is 0.583. The van der Waals surface area contributed by atoms with Crippen molar-refractivity contribution in [1.29, 1.82) is 0 Å². The molecule has 1 fully saturated rings. The number of carbonyl (C=O) groups excluding carboxylic acids is 1. The number of carbonyl (C=O) groups is 1. The Morgan fingerprint density at radius 3 is 2.94 bits per heavy atom. The number of hydrogen-bond acceptors (Lipinski definition) is 3. The van der Waals surface area contributed by atoms with Gasteiger partial charge in [-0.25, -0.2) is 0 Å². The highest BCUT2D eigenvalue weighted by Crippen LogP contribution is 2.31. The molecule has 1 amide bonds. The number of nitrogens with one attached hydrogen (secondary N) is 1. The molecule has 0 spiro atoms. The fourth-order valence-corrected chi connectivity index (χ4v) is 3.67. The summed E-state index contributed by atoms with van der Waals surface area (Å²) in [4.78, 5) is 15.8. The third-order valence-corrected chi connectivity index (χ3v) is 4.53. The molecule has 0 unspecified atom stereocenters. The lowest BCUT2D eigenvalue weighted by molar-refractivity contribution is 0.0735. The van der Waals surface area contributed by atoms with E-state index in [1.807, 2.05) is 4.90 Å². The van der Waals surface area contributed by atoms with Gasteiger partial charge in [0.25, 0.3) is 5.91 Å². The lowest BCUT2D eigenvalue weighted by Gasteiger charge is -2.27. The van der Waals surface area contributed by atoms with Crippen LogP contribution in [0.5, 0.6) is 0 Å². The van der Waals surface area contributed by atoms with E-state index in [2.05, 4.69) is 10.7 Å². The van der Waals surface area contributed by atoms with Gasteiger partial charge < -0.3 is 10.2 Å². The van der Waals surface area contributed by atoms with E-state index in [9.17, 15) is 4.79 Å². The summed E-state index contributed by atoms with van der Waals surface area (Å²) >= 11 is 1.77. The molecule has 16 heavy (non-hydrogen) atoms. The Kier molecular flexibility index (Phi) is 2.69. The Labute approximate surface area is 99.5 Å². The van der Waals surface area contributed by atoms with Gasteiger partial charge >= 0.3 is 0 Å². The smallest absolute Gasteiger partial charge is 0.255 e. The van der Waals surface area contributed by atoms with Crippen molar-refractivity contribution in [2.45, 2.75) is 19.3 Å². The molecule has 3 nitrogen and oxygen atoms in total. The minimum absolute atomic E-state index is 0.251.